The van der Waals surface area contributed by atoms with Gasteiger partial charge in [-0.25, -0.2) is 0 Å². The van der Waals surface area contributed by atoms with Gasteiger partial charge < -0.3 is 15.2 Å². The standard InChI is InChI=1S/C17H28N2O2/c1-14-11-19(12-15(2)21-14)10-9-17(13-20,18-3)16-7-5-4-6-8-16/h4-8,14-15,18,20H,9-13H2,1-3H3/t14-,15+,17?. The molecule has 1 saturated heterocycles. The van der Waals surface area contributed by atoms with Crippen molar-refractivity contribution in [1.29, 1.82) is 0 Å². The number of ether oxygens (including phenoxy) is 1. The van der Waals surface area contributed by atoms with Gasteiger partial charge in [-0.1, -0.05) is 30.3 Å². The van der Waals surface area contributed by atoms with E-state index in [1.54, 1.807) is 0 Å². The fourth-order valence-corrected chi connectivity index (χ4v) is 3.24. The Morgan fingerprint density at radius 3 is 2.38 bits per heavy atom. The molecule has 1 aliphatic heterocycles. The van der Waals surface area contributed by atoms with E-state index in [0.717, 1.165) is 31.6 Å². The molecule has 2 rings (SSSR count). The molecule has 4 heteroatoms. The number of likely N-dealkylation sites (N-methyl/N-ethyl adjacent to an activating group) is 1. The molecular formula is C17H28N2O2. The molecule has 3 atom stereocenters. The largest absolute Gasteiger partial charge is 0.394 e. The van der Waals surface area contributed by atoms with Crippen LogP contribution < -0.4 is 5.32 Å². The fraction of sp³-hybridized carbons (Fsp3) is 0.647. The van der Waals surface area contributed by atoms with E-state index >= 15 is 0 Å². The van der Waals surface area contributed by atoms with Gasteiger partial charge in [0.05, 0.1) is 24.4 Å². The van der Waals surface area contributed by atoms with Gasteiger partial charge in [0, 0.05) is 19.6 Å². The molecule has 1 aliphatic rings. The SMILES string of the molecule is CNC(CO)(CCN1C[C@@H](C)O[C@@H](C)C1)c1ccccc1. The van der Waals surface area contributed by atoms with Crippen LogP contribution in [0.1, 0.15) is 25.8 Å². The molecule has 1 aromatic rings. The third-order valence-corrected chi connectivity index (χ3v) is 4.42. The molecule has 1 unspecified atom stereocenters. The second kappa shape index (κ2) is 7.36. The van der Waals surface area contributed by atoms with E-state index in [2.05, 4.69) is 36.2 Å². The zero-order chi connectivity index (χ0) is 15.3. The van der Waals surface area contributed by atoms with Crippen LogP contribution in [-0.2, 0) is 10.3 Å². The maximum absolute atomic E-state index is 9.96. The maximum atomic E-state index is 9.96. The van der Waals surface area contributed by atoms with Crippen molar-refractivity contribution in [2.45, 2.75) is 38.0 Å². The van der Waals surface area contributed by atoms with E-state index in [0.29, 0.717) is 0 Å². The molecule has 0 bridgehead atoms. The topological polar surface area (TPSA) is 44.7 Å². The zero-order valence-electron chi connectivity index (χ0n) is 13.4. The second-order valence-electron chi connectivity index (χ2n) is 6.12. The first-order valence-corrected chi connectivity index (χ1v) is 7.83. The monoisotopic (exact) mass is 292 g/mol. The summed E-state index contributed by atoms with van der Waals surface area (Å²) in [6.45, 7) is 7.22. The summed E-state index contributed by atoms with van der Waals surface area (Å²) in [5.41, 5.74) is 0.774. The van der Waals surface area contributed by atoms with Crippen LogP contribution in [0.2, 0.25) is 0 Å². The molecule has 0 aliphatic carbocycles. The number of nitrogens with one attached hydrogen (secondary N) is 1. The number of nitrogens with zero attached hydrogens (tertiary/aromatic N) is 1. The molecule has 0 amide bonds. The van der Waals surface area contributed by atoms with E-state index in [9.17, 15) is 5.11 Å². The molecule has 4 nitrogen and oxygen atoms in total. The Hall–Kier alpha value is -0.940. The van der Waals surface area contributed by atoms with Crippen molar-refractivity contribution in [3.63, 3.8) is 0 Å². The molecule has 1 aromatic carbocycles. The third-order valence-electron chi connectivity index (χ3n) is 4.42. The summed E-state index contributed by atoms with van der Waals surface area (Å²) in [6.07, 6.45) is 1.44. The average molecular weight is 292 g/mol. The van der Waals surface area contributed by atoms with Gasteiger partial charge >= 0.3 is 0 Å². The van der Waals surface area contributed by atoms with Crippen molar-refractivity contribution in [3.05, 3.63) is 35.9 Å². The van der Waals surface area contributed by atoms with E-state index < -0.39 is 0 Å². The van der Waals surface area contributed by atoms with Crippen LogP contribution in [-0.4, -0.2) is 55.5 Å². The minimum Gasteiger partial charge on any atom is -0.394 e. The summed E-state index contributed by atoms with van der Waals surface area (Å²) in [5.74, 6) is 0. The highest BCUT2D eigenvalue weighted by Gasteiger charge is 2.31. The van der Waals surface area contributed by atoms with Gasteiger partial charge in [0.2, 0.25) is 0 Å². The Morgan fingerprint density at radius 1 is 1.24 bits per heavy atom. The van der Waals surface area contributed by atoms with Crippen LogP contribution in [0.25, 0.3) is 0 Å². The number of morpholine rings is 1. The minimum absolute atomic E-state index is 0.100. The summed E-state index contributed by atoms with van der Waals surface area (Å²) in [7, 11) is 1.92. The minimum atomic E-state index is -0.369. The number of rotatable bonds is 6. The number of aliphatic hydroxyl groups excluding tert-OH is 1. The summed E-state index contributed by atoms with van der Waals surface area (Å²) in [6, 6.07) is 10.2. The number of hydrogen-bond donors (Lipinski definition) is 2. The lowest BCUT2D eigenvalue weighted by atomic mass is 9.87. The van der Waals surface area contributed by atoms with Gasteiger partial charge in [0.1, 0.15) is 0 Å². The summed E-state index contributed by atoms with van der Waals surface area (Å²) >= 11 is 0. The Kier molecular flexibility index (Phi) is 5.76. The van der Waals surface area contributed by atoms with Crippen molar-refractivity contribution in [3.8, 4) is 0 Å². The predicted molar refractivity (Wildman–Crippen MR) is 85.3 cm³/mol. The van der Waals surface area contributed by atoms with Crippen molar-refractivity contribution in [1.82, 2.24) is 10.2 Å². The molecule has 0 radical (unpaired) electrons. The normalized spacial score (nSPS) is 26.5. The van der Waals surface area contributed by atoms with E-state index in [4.69, 9.17) is 4.74 Å². The van der Waals surface area contributed by atoms with Crippen molar-refractivity contribution in [2.75, 3.05) is 33.3 Å². The number of aliphatic hydroxyl groups is 1. The van der Waals surface area contributed by atoms with Crippen molar-refractivity contribution in [2.24, 2.45) is 0 Å². The Bertz CT molecular complexity index is 410. The maximum Gasteiger partial charge on any atom is 0.0678 e. The van der Waals surface area contributed by atoms with Crippen LogP contribution in [0.3, 0.4) is 0 Å². The van der Waals surface area contributed by atoms with Crippen LogP contribution >= 0.6 is 0 Å². The van der Waals surface area contributed by atoms with Gasteiger partial charge in [-0.15, -0.1) is 0 Å². The zero-order valence-corrected chi connectivity index (χ0v) is 13.4. The van der Waals surface area contributed by atoms with E-state index in [1.807, 2.05) is 25.2 Å². The molecule has 2 N–H and O–H groups in total. The van der Waals surface area contributed by atoms with Gasteiger partial charge in [0.25, 0.3) is 0 Å². The van der Waals surface area contributed by atoms with Gasteiger partial charge in [-0.05, 0) is 32.9 Å². The van der Waals surface area contributed by atoms with Crippen LogP contribution in [0.15, 0.2) is 30.3 Å². The highest BCUT2D eigenvalue weighted by molar-refractivity contribution is 5.24. The third kappa shape index (κ3) is 4.04. The van der Waals surface area contributed by atoms with Crippen LogP contribution in [0, 0.1) is 0 Å². The van der Waals surface area contributed by atoms with Gasteiger partial charge in [-0.2, -0.15) is 0 Å². The highest BCUT2D eigenvalue weighted by Crippen LogP contribution is 2.25. The molecule has 1 fully saturated rings. The predicted octanol–water partition coefficient (Wildman–Crippen LogP) is 1.59. The first-order chi connectivity index (χ1) is 10.1. The first-order valence-electron chi connectivity index (χ1n) is 7.83. The lowest BCUT2D eigenvalue weighted by Crippen LogP contribution is -2.50. The molecule has 21 heavy (non-hydrogen) atoms. The molecule has 1 heterocycles. The smallest absolute Gasteiger partial charge is 0.0678 e. The highest BCUT2D eigenvalue weighted by atomic mass is 16.5. The molecule has 118 valence electrons. The fourth-order valence-electron chi connectivity index (χ4n) is 3.24. The summed E-state index contributed by atoms with van der Waals surface area (Å²) in [5, 5.41) is 13.3. The first kappa shape index (κ1) is 16.4. The lowest BCUT2D eigenvalue weighted by Gasteiger charge is -2.39. The van der Waals surface area contributed by atoms with Gasteiger partial charge in [-0.3, -0.25) is 4.90 Å². The van der Waals surface area contributed by atoms with Crippen molar-refractivity contribution >= 4 is 0 Å². The van der Waals surface area contributed by atoms with Gasteiger partial charge in [0.15, 0.2) is 0 Å². The summed E-state index contributed by atoms with van der Waals surface area (Å²) in [4.78, 5) is 2.43. The molecule has 0 aromatic heterocycles. The quantitative estimate of drug-likeness (QED) is 0.836. The average Bonchev–Trinajstić information content (AvgIpc) is 2.49. The molecule has 0 spiro atoms. The van der Waals surface area contributed by atoms with E-state index in [-0.39, 0.29) is 24.4 Å². The summed E-state index contributed by atoms with van der Waals surface area (Å²) < 4.78 is 5.78. The Balaban J connectivity index is 2.03. The molecule has 0 saturated carbocycles. The van der Waals surface area contributed by atoms with Crippen LogP contribution in [0.5, 0.6) is 0 Å². The number of benzene rings is 1. The van der Waals surface area contributed by atoms with E-state index in [1.165, 1.54) is 0 Å². The van der Waals surface area contributed by atoms with Crippen molar-refractivity contribution < 1.29 is 9.84 Å². The Labute approximate surface area is 128 Å². The lowest BCUT2D eigenvalue weighted by molar-refractivity contribution is -0.0702. The Morgan fingerprint density at radius 2 is 1.86 bits per heavy atom. The second-order valence-corrected chi connectivity index (χ2v) is 6.12. The molecular weight excluding hydrogens is 264 g/mol. The number of hydrogen-bond acceptors (Lipinski definition) is 4. The van der Waals surface area contributed by atoms with Crippen LogP contribution in [0.4, 0.5) is 0 Å².